The normalized spacial score (nSPS) is 20.9. The van der Waals surface area contributed by atoms with Crippen LogP contribution in [-0.4, -0.2) is 26.0 Å². The quantitative estimate of drug-likeness (QED) is 0.874. The maximum atomic E-state index is 13.2. The van der Waals surface area contributed by atoms with Crippen molar-refractivity contribution in [2.75, 3.05) is 19.8 Å². The predicted octanol–water partition coefficient (Wildman–Crippen LogP) is 2.94. The van der Waals surface area contributed by atoms with Crippen LogP contribution in [0, 0.1) is 11.6 Å². The lowest BCUT2D eigenvalue weighted by atomic mass is 9.96. The highest BCUT2D eigenvalue weighted by Crippen LogP contribution is 2.22. The minimum atomic E-state index is -0.837. The van der Waals surface area contributed by atoms with Crippen LogP contribution >= 0.6 is 0 Å². The number of hydrogen-bond donors (Lipinski definition) is 1. The molecule has 0 aromatic heterocycles. The second-order valence-electron chi connectivity index (χ2n) is 5.06. The van der Waals surface area contributed by atoms with Crippen molar-refractivity contribution < 1.29 is 18.3 Å². The monoisotopic (exact) mass is 285 g/mol. The van der Waals surface area contributed by atoms with Crippen molar-refractivity contribution >= 4 is 0 Å². The minimum Gasteiger partial charge on any atom is -0.353 e. The lowest BCUT2D eigenvalue weighted by Crippen LogP contribution is -2.24. The molecule has 0 saturated carbocycles. The van der Waals surface area contributed by atoms with Gasteiger partial charge in [0.15, 0.2) is 17.9 Å². The Morgan fingerprint density at radius 3 is 2.80 bits per heavy atom. The molecule has 1 aromatic carbocycles. The number of nitrogens with two attached hydrogens (primary N) is 1. The van der Waals surface area contributed by atoms with Crippen molar-refractivity contribution in [2.24, 2.45) is 5.73 Å². The van der Waals surface area contributed by atoms with E-state index in [0.29, 0.717) is 25.1 Å². The molecule has 2 rings (SSSR count). The molecule has 1 heterocycles. The molecule has 1 aliphatic heterocycles. The van der Waals surface area contributed by atoms with E-state index >= 15 is 0 Å². The standard InChI is InChI=1S/C15H21F2NO2/c16-13-5-4-11(9-14(13)17)12(10-18)6-8-20-15-3-1-2-7-19-15/h4-5,9,12,15H,1-3,6-8,10,18H2. The Kier molecular flexibility index (Phi) is 5.88. The van der Waals surface area contributed by atoms with Crippen LogP contribution < -0.4 is 5.73 Å². The molecule has 0 bridgehead atoms. The van der Waals surface area contributed by atoms with E-state index in [1.54, 1.807) is 6.07 Å². The largest absolute Gasteiger partial charge is 0.353 e. The average Bonchev–Trinajstić information content (AvgIpc) is 2.48. The number of rotatable bonds is 6. The molecule has 2 N–H and O–H groups in total. The van der Waals surface area contributed by atoms with Gasteiger partial charge < -0.3 is 15.2 Å². The third-order valence-corrected chi connectivity index (χ3v) is 3.61. The predicted molar refractivity (Wildman–Crippen MR) is 72.3 cm³/mol. The van der Waals surface area contributed by atoms with Crippen molar-refractivity contribution in [2.45, 2.75) is 37.9 Å². The highest BCUT2D eigenvalue weighted by Gasteiger charge is 2.16. The molecule has 0 radical (unpaired) electrons. The maximum Gasteiger partial charge on any atom is 0.159 e. The second-order valence-corrected chi connectivity index (χ2v) is 5.06. The zero-order valence-corrected chi connectivity index (χ0v) is 11.5. The maximum absolute atomic E-state index is 13.2. The first-order valence-corrected chi connectivity index (χ1v) is 7.09. The fraction of sp³-hybridized carbons (Fsp3) is 0.600. The van der Waals surface area contributed by atoms with Crippen LogP contribution in [0.2, 0.25) is 0 Å². The minimum absolute atomic E-state index is 0.0336. The Hall–Kier alpha value is -1.04. The van der Waals surface area contributed by atoms with Crippen molar-refractivity contribution in [3.05, 3.63) is 35.4 Å². The first-order chi connectivity index (χ1) is 9.70. The van der Waals surface area contributed by atoms with Gasteiger partial charge >= 0.3 is 0 Å². The van der Waals surface area contributed by atoms with Gasteiger partial charge in [-0.25, -0.2) is 8.78 Å². The molecule has 0 amide bonds. The molecule has 1 aromatic rings. The summed E-state index contributed by atoms with van der Waals surface area (Å²) in [6.45, 7) is 1.62. The second kappa shape index (κ2) is 7.67. The number of ether oxygens (including phenoxy) is 2. The molecule has 3 nitrogen and oxygen atoms in total. The van der Waals surface area contributed by atoms with E-state index in [-0.39, 0.29) is 12.2 Å². The Morgan fingerprint density at radius 2 is 2.15 bits per heavy atom. The van der Waals surface area contributed by atoms with Gasteiger partial charge in [0.1, 0.15) is 0 Å². The van der Waals surface area contributed by atoms with Gasteiger partial charge in [0.2, 0.25) is 0 Å². The third kappa shape index (κ3) is 4.23. The lowest BCUT2D eigenvalue weighted by Gasteiger charge is -2.24. The Balaban J connectivity index is 1.83. The van der Waals surface area contributed by atoms with Crippen LogP contribution in [0.5, 0.6) is 0 Å². The zero-order chi connectivity index (χ0) is 14.4. The van der Waals surface area contributed by atoms with Gasteiger partial charge in [-0.1, -0.05) is 6.07 Å². The fourth-order valence-electron chi connectivity index (χ4n) is 2.37. The molecule has 1 fully saturated rings. The molecule has 112 valence electrons. The summed E-state index contributed by atoms with van der Waals surface area (Å²) in [5, 5.41) is 0. The molecule has 0 spiro atoms. The van der Waals surface area contributed by atoms with E-state index in [9.17, 15) is 8.78 Å². The molecule has 20 heavy (non-hydrogen) atoms. The number of halogens is 2. The summed E-state index contributed by atoms with van der Waals surface area (Å²) >= 11 is 0. The van der Waals surface area contributed by atoms with Crippen LogP contribution in [0.1, 0.15) is 37.2 Å². The first-order valence-electron chi connectivity index (χ1n) is 7.09. The third-order valence-electron chi connectivity index (χ3n) is 3.61. The van der Waals surface area contributed by atoms with Gasteiger partial charge in [0, 0.05) is 6.61 Å². The van der Waals surface area contributed by atoms with Gasteiger partial charge in [-0.2, -0.15) is 0 Å². The van der Waals surface area contributed by atoms with E-state index in [1.165, 1.54) is 6.07 Å². The smallest absolute Gasteiger partial charge is 0.159 e. The van der Waals surface area contributed by atoms with E-state index < -0.39 is 11.6 Å². The summed E-state index contributed by atoms with van der Waals surface area (Å²) in [5.41, 5.74) is 6.42. The number of hydrogen-bond acceptors (Lipinski definition) is 3. The summed E-state index contributed by atoms with van der Waals surface area (Å²) in [7, 11) is 0. The molecule has 2 unspecified atom stereocenters. The summed E-state index contributed by atoms with van der Waals surface area (Å²) in [6, 6.07) is 3.93. The van der Waals surface area contributed by atoms with Crippen molar-refractivity contribution in [1.29, 1.82) is 0 Å². The van der Waals surface area contributed by atoms with Crippen LogP contribution in [-0.2, 0) is 9.47 Å². The van der Waals surface area contributed by atoms with Crippen LogP contribution in [0.25, 0.3) is 0 Å². The topological polar surface area (TPSA) is 44.5 Å². The zero-order valence-electron chi connectivity index (χ0n) is 11.5. The van der Waals surface area contributed by atoms with E-state index in [0.717, 1.165) is 31.9 Å². The summed E-state index contributed by atoms with van der Waals surface area (Å²) in [6.07, 6.45) is 3.65. The van der Waals surface area contributed by atoms with Gasteiger partial charge in [-0.3, -0.25) is 0 Å². The summed E-state index contributed by atoms with van der Waals surface area (Å²) in [5.74, 6) is -1.71. The molecular weight excluding hydrogens is 264 g/mol. The first kappa shape index (κ1) is 15.4. The molecule has 1 aliphatic rings. The molecule has 0 aliphatic carbocycles. The van der Waals surface area contributed by atoms with E-state index in [4.69, 9.17) is 15.2 Å². The lowest BCUT2D eigenvalue weighted by molar-refractivity contribution is -0.163. The van der Waals surface area contributed by atoms with Crippen molar-refractivity contribution in [3.8, 4) is 0 Å². The van der Waals surface area contributed by atoms with E-state index in [2.05, 4.69) is 0 Å². The van der Waals surface area contributed by atoms with Gasteiger partial charge in [-0.05, 0) is 55.8 Å². The van der Waals surface area contributed by atoms with Gasteiger partial charge in [-0.15, -0.1) is 0 Å². The average molecular weight is 285 g/mol. The van der Waals surface area contributed by atoms with Crippen LogP contribution in [0.3, 0.4) is 0 Å². The Bertz CT molecular complexity index is 422. The van der Waals surface area contributed by atoms with Crippen molar-refractivity contribution in [1.82, 2.24) is 0 Å². The fourth-order valence-corrected chi connectivity index (χ4v) is 2.37. The molecule has 5 heteroatoms. The molecular formula is C15H21F2NO2. The SMILES string of the molecule is NCC(CCOC1CCCCO1)c1ccc(F)c(F)c1. The highest BCUT2D eigenvalue weighted by molar-refractivity contribution is 5.22. The van der Waals surface area contributed by atoms with Crippen molar-refractivity contribution in [3.63, 3.8) is 0 Å². The summed E-state index contributed by atoms with van der Waals surface area (Å²) in [4.78, 5) is 0. The van der Waals surface area contributed by atoms with Gasteiger partial charge in [0.25, 0.3) is 0 Å². The van der Waals surface area contributed by atoms with Crippen LogP contribution in [0.15, 0.2) is 18.2 Å². The van der Waals surface area contributed by atoms with E-state index in [1.807, 2.05) is 0 Å². The highest BCUT2D eigenvalue weighted by atomic mass is 19.2. The van der Waals surface area contributed by atoms with Gasteiger partial charge in [0.05, 0.1) is 6.61 Å². The molecule has 2 atom stereocenters. The summed E-state index contributed by atoms with van der Waals surface area (Å²) < 4.78 is 37.3. The number of benzene rings is 1. The Labute approximate surface area is 118 Å². The molecule has 1 saturated heterocycles. The Morgan fingerprint density at radius 1 is 1.30 bits per heavy atom. The van der Waals surface area contributed by atoms with Crippen LogP contribution in [0.4, 0.5) is 8.78 Å².